The summed E-state index contributed by atoms with van der Waals surface area (Å²) in [6, 6.07) is 0. The number of rotatable bonds is 6. The number of aliphatic hydroxyl groups excluding tert-OH is 1. The van der Waals surface area contributed by atoms with Crippen LogP contribution in [0.1, 0.15) is 6.42 Å². The lowest BCUT2D eigenvalue weighted by Gasteiger charge is -2.13. The fourth-order valence-corrected chi connectivity index (χ4v) is 1.91. The smallest absolute Gasteiger partial charge is 0.269 e. The van der Waals surface area contributed by atoms with Crippen LogP contribution in [0.5, 0.6) is 0 Å². The van der Waals surface area contributed by atoms with Crippen molar-refractivity contribution in [2.75, 3.05) is 26.4 Å². The molecule has 0 radical (unpaired) electrons. The molecule has 0 unspecified atom stereocenters. The molecule has 2 amide bonds. The van der Waals surface area contributed by atoms with Gasteiger partial charge in [0.2, 0.25) is 0 Å². The first-order valence-electron chi connectivity index (χ1n) is 4.69. The summed E-state index contributed by atoms with van der Waals surface area (Å²) in [6.45, 7) is 0.980. The lowest BCUT2D eigenvalue weighted by Crippen LogP contribution is -2.34. The third-order valence-corrected chi connectivity index (χ3v) is 3.97. The average Bonchev–Trinajstić information content (AvgIpc) is 2.46. The highest BCUT2D eigenvalue weighted by molar-refractivity contribution is 9.14. The first kappa shape index (κ1) is 13.8. The summed E-state index contributed by atoms with van der Waals surface area (Å²) in [6.07, 6.45) is 0.549. The Bertz CT molecular complexity index is 305. The molecule has 7 heteroatoms. The largest absolute Gasteiger partial charge is 0.396 e. The van der Waals surface area contributed by atoms with Crippen molar-refractivity contribution in [2.45, 2.75) is 6.42 Å². The maximum absolute atomic E-state index is 11.5. The summed E-state index contributed by atoms with van der Waals surface area (Å²) in [5.74, 6) is -0.717. The maximum atomic E-state index is 11.5. The van der Waals surface area contributed by atoms with Gasteiger partial charge in [-0.15, -0.1) is 0 Å². The lowest BCUT2D eigenvalue weighted by molar-refractivity contribution is -0.137. The molecule has 0 aliphatic carbocycles. The number of amides is 2. The highest BCUT2D eigenvalue weighted by atomic mass is 79.9. The normalized spacial score (nSPS) is 16.6. The average molecular weight is 357 g/mol. The summed E-state index contributed by atoms with van der Waals surface area (Å²) in [4.78, 5) is 24.1. The Morgan fingerprint density at radius 1 is 1.12 bits per heavy atom. The van der Waals surface area contributed by atoms with Crippen molar-refractivity contribution >= 4 is 43.7 Å². The van der Waals surface area contributed by atoms with Crippen LogP contribution in [-0.4, -0.2) is 48.2 Å². The summed E-state index contributed by atoms with van der Waals surface area (Å²) in [5, 5.41) is 8.51. The van der Waals surface area contributed by atoms with E-state index in [4.69, 9.17) is 9.84 Å². The maximum Gasteiger partial charge on any atom is 0.269 e. The van der Waals surface area contributed by atoms with Crippen molar-refractivity contribution in [3.05, 3.63) is 8.96 Å². The fourth-order valence-electron chi connectivity index (χ4n) is 1.14. The third kappa shape index (κ3) is 3.13. The zero-order chi connectivity index (χ0) is 12.1. The number of hydrogen-bond acceptors (Lipinski definition) is 4. The number of aliphatic hydroxyl groups is 1. The number of hydrogen-bond donors (Lipinski definition) is 1. The molecule has 0 aromatic carbocycles. The number of imide groups is 1. The molecule has 16 heavy (non-hydrogen) atoms. The Labute approximate surface area is 110 Å². The van der Waals surface area contributed by atoms with Gasteiger partial charge < -0.3 is 9.84 Å². The van der Waals surface area contributed by atoms with Crippen LogP contribution in [0.2, 0.25) is 0 Å². The van der Waals surface area contributed by atoms with E-state index in [1.807, 2.05) is 0 Å². The van der Waals surface area contributed by atoms with Gasteiger partial charge in [0, 0.05) is 13.2 Å². The van der Waals surface area contributed by atoms with E-state index in [1.54, 1.807) is 0 Å². The third-order valence-electron chi connectivity index (χ3n) is 1.96. The second-order valence-corrected chi connectivity index (χ2v) is 4.67. The van der Waals surface area contributed by atoms with Crippen LogP contribution in [0.4, 0.5) is 0 Å². The van der Waals surface area contributed by atoms with E-state index in [2.05, 4.69) is 31.9 Å². The summed E-state index contributed by atoms with van der Waals surface area (Å²) < 4.78 is 5.63. The molecule has 0 aromatic rings. The zero-order valence-corrected chi connectivity index (χ0v) is 11.6. The van der Waals surface area contributed by atoms with E-state index in [9.17, 15) is 9.59 Å². The number of halogens is 2. The van der Waals surface area contributed by atoms with Gasteiger partial charge in [-0.3, -0.25) is 14.5 Å². The van der Waals surface area contributed by atoms with Gasteiger partial charge in [-0.25, -0.2) is 0 Å². The Morgan fingerprint density at radius 3 is 2.19 bits per heavy atom. The minimum Gasteiger partial charge on any atom is -0.396 e. The van der Waals surface area contributed by atoms with Crippen LogP contribution >= 0.6 is 31.9 Å². The number of ether oxygens (including phenoxy) is 1. The van der Waals surface area contributed by atoms with Gasteiger partial charge >= 0.3 is 0 Å². The Kier molecular flexibility index (Phi) is 5.60. The van der Waals surface area contributed by atoms with Crippen molar-refractivity contribution in [1.29, 1.82) is 0 Å². The molecule has 1 heterocycles. The summed E-state index contributed by atoms with van der Waals surface area (Å²) in [5.41, 5.74) is 0. The van der Waals surface area contributed by atoms with Crippen molar-refractivity contribution in [3.8, 4) is 0 Å². The number of nitrogens with zero attached hydrogens (tertiary/aromatic N) is 1. The Balaban J connectivity index is 2.35. The fraction of sp³-hybridized carbons (Fsp3) is 0.556. The van der Waals surface area contributed by atoms with Crippen molar-refractivity contribution < 1.29 is 19.4 Å². The van der Waals surface area contributed by atoms with Gasteiger partial charge in [0.15, 0.2) is 0 Å². The van der Waals surface area contributed by atoms with E-state index < -0.39 is 0 Å². The molecule has 1 aliphatic heterocycles. The molecule has 1 aliphatic rings. The van der Waals surface area contributed by atoms with Gasteiger partial charge in [-0.2, -0.15) is 0 Å². The molecule has 5 nitrogen and oxygen atoms in total. The van der Waals surface area contributed by atoms with E-state index in [1.165, 1.54) is 0 Å². The van der Waals surface area contributed by atoms with Gasteiger partial charge in [-0.1, -0.05) is 0 Å². The van der Waals surface area contributed by atoms with Crippen LogP contribution < -0.4 is 0 Å². The molecule has 0 saturated heterocycles. The van der Waals surface area contributed by atoms with E-state index in [0.717, 1.165) is 4.90 Å². The predicted molar refractivity (Wildman–Crippen MR) is 64.1 cm³/mol. The number of carbonyl (C=O) groups is 2. The molecule has 0 atom stereocenters. The van der Waals surface area contributed by atoms with E-state index >= 15 is 0 Å². The van der Waals surface area contributed by atoms with Crippen molar-refractivity contribution in [3.63, 3.8) is 0 Å². The molecule has 1 rings (SSSR count). The van der Waals surface area contributed by atoms with E-state index in [-0.39, 0.29) is 40.5 Å². The van der Waals surface area contributed by atoms with Gasteiger partial charge in [0.1, 0.15) is 8.96 Å². The van der Waals surface area contributed by atoms with Crippen LogP contribution in [-0.2, 0) is 14.3 Å². The Hall–Kier alpha value is -0.240. The van der Waals surface area contributed by atoms with E-state index in [0.29, 0.717) is 13.0 Å². The first-order chi connectivity index (χ1) is 7.59. The second-order valence-electron chi connectivity index (χ2n) is 3.08. The van der Waals surface area contributed by atoms with Gasteiger partial charge in [0.25, 0.3) is 11.8 Å². The Morgan fingerprint density at radius 2 is 1.69 bits per heavy atom. The molecule has 0 spiro atoms. The van der Waals surface area contributed by atoms with Crippen LogP contribution in [0, 0.1) is 0 Å². The quantitative estimate of drug-likeness (QED) is 0.563. The summed E-state index contributed by atoms with van der Waals surface area (Å²) >= 11 is 6.06. The van der Waals surface area contributed by atoms with Crippen LogP contribution in [0.3, 0.4) is 0 Å². The van der Waals surface area contributed by atoms with Crippen molar-refractivity contribution in [1.82, 2.24) is 4.90 Å². The highest BCUT2D eigenvalue weighted by Gasteiger charge is 2.35. The summed E-state index contributed by atoms with van der Waals surface area (Å²) in [7, 11) is 0. The monoisotopic (exact) mass is 355 g/mol. The number of carbonyl (C=O) groups excluding carboxylic acids is 2. The van der Waals surface area contributed by atoms with Crippen LogP contribution in [0.25, 0.3) is 0 Å². The standard InChI is InChI=1S/C9H11Br2NO4/c10-6-7(11)9(15)12(8(6)14)2-5-16-4-1-3-13/h13H,1-5H2. The van der Waals surface area contributed by atoms with Gasteiger partial charge in [0.05, 0.1) is 13.2 Å². The minimum absolute atomic E-state index is 0.0697. The molecular weight excluding hydrogens is 346 g/mol. The topological polar surface area (TPSA) is 66.8 Å². The molecular formula is C9H11Br2NO4. The molecule has 0 bridgehead atoms. The molecule has 0 fully saturated rings. The van der Waals surface area contributed by atoms with Crippen LogP contribution in [0.15, 0.2) is 8.96 Å². The molecule has 90 valence electrons. The minimum atomic E-state index is -0.359. The zero-order valence-electron chi connectivity index (χ0n) is 8.41. The highest BCUT2D eigenvalue weighted by Crippen LogP contribution is 2.28. The lowest BCUT2D eigenvalue weighted by atomic mass is 10.5. The van der Waals surface area contributed by atoms with Crippen molar-refractivity contribution in [2.24, 2.45) is 0 Å². The predicted octanol–water partition coefficient (Wildman–Crippen LogP) is 0.756. The molecule has 0 saturated carbocycles. The second kappa shape index (κ2) is 6.48. The SMILES string of the molecule is O=C1C(Br)=C(Br)C(=O)N1CCOCCCO. The van der Waals surface area contributed by atoms with Gasteiger partial charge in [-0.05, 0) is 38.3 Å². The first-order valence-corrected chi connectivity index (χ1v) is 6.28. The molecule has 1 N–H and O–H groups in total. The molecule has 0 aromatic heterocycles.